The third kappa shape index (κ3) is 1.000. The molecule has 2 heterocycles. The van der Waals surface area contributed by atoms with Crippen LogP contribution in [-0.4, -0.2) is 20.2 Å². The van der Waals surface area contributed by atoms with Gasteiger partial charge in [0.2, 0.25) is 0 Å². The quantitative estimate of drug-likeness (QED) is 0.593. The molecule has 0 saturated heterocycles. The van der Waals surface area contributed by atoms with Crippen molar-refractivity contribution in [3.8, 4) is 11.3 Å². The highest BCUT2D eigenvalue weighted by Gasteiger charge is 2.02. The molecule has 11 heavy (non-hydrogen) atoms. The van der Waals surface area contributed by atoms with Crippen LogP contribution < -0.4 is 0 Å². The Morgan fingerprint density at radius 1 is 1.55 bits per heavy atom. The molecule has 5 heteroatoms. The van der Waals surface area contributed by atoms with Crippen LogP contribution >= 0.6 is 0 Å². The van der Waals surface area contributed by atoms with Crippen LogP contribution in [0, 0.1) is 0 Å². The standard InChI is InChI=1S/C6H6N4O/c1-10-3-6(8-9-10)5-2-7-11-4-5/h2-4H,1H3. The number of aromatic nitrogens is 4. The van der Waals surface area contributed by atoms with E-state index < -0.39 is 0 Å². The minimum absolute atomic E-state index is 0.772. The average Bonchev–Trinajstić information content (AvgIpc) is 2.55. The second-order valence-corrected chi connectivity index (χ2v) is 2.19. The fourth-order valence-corrected chi connectivity index (χ4v) is 0.811. The maximum Gasteiger partial charge on any atom is 0.133 e. The summed E-state index contributed by atoms with van der Waals surface area (Å²) < 4.78 is 6.28. The van der Waals surface area contributed by atoms with Crippen LogP contribution in [0.15, 0.2) is 23.2 Å². The molecule has 5 nitrogen and oxygen atoms in total. The van der Waals surface area contributed by atoms with Gasteiger partial charge >= 0.3 is 0 Å². The topological polar surface area (TPSA) is 56.7 Å². The van der Waals surface area contributed by atoms with Crippen molar-refractivity contribution in [3.05, 3.63) is 18.7 Å². The Morgan fingerprint density at radius 3 is 3.00 bits per heavy atom. The molecule has 0 N–H and O–H groups in total. The van der Waals surface area contributed by atoms with Crippen LogP contribution in [0.3, 0.4) is 0 Å². The van der Waals surface area contributed by atoms with Crippen LogP contribution in [0.25, 0.3) is 11.3 Å². The minimum atomic E-state index is 0.772. The van der Waals surface area contributed by atoms with Gasteiger partial charge in [-0.05, 0) is 0 Å². The first-order chi connectivity index (χ1) is 5.36. The van der Waals surface area contributed by atoms with E-state index in [2.05, 4.69) is 20.0 Å². The molecule has 0 saturated carbocycles. The summed E-state index contributed by atoms with van der Waals surface area (Å²) in [6.07, 6.45) is 4.93. The molecule has 0 spiro atoms. The molecule has 0 unspecified atom stereocenters. The molecule has 0 atom stereocenters. The fraction of sp³-hybridized carbons (Fsp3) is 0.167. The molecule has 2 aromatic rings. The van der Waals surface area contributed by atoms with E-state index in [4.69, 9.17) is 0 Å². The third-order valence-electron chi connectivity index (χ3n) is 1.33. The van der Waals surface area contributed by atoms with Crippen molar-refractivity contribution in [3.63, 3.8) is 0 Å². The maximum absolute atomic E-state index is 4.65. The largest absolute Gasteiger partial charge is 0.364 e. The first-order valence-corrected chi connectivity index (χ1v) is 3.12. The highest BCUT2D eigenvalue weighted by atomic mass is 16.5. The normalized spacial score (nSPS) is 10.3. The Hall–Kier alpha value is -1.65. The summed E-state index contributed by atoms with van der Waals surface area (Å²) in [6.45, 7) is 0. The van der Waals surface area contributed by atoms with Crippen molar-refractivity contribution < 1.29 is 4.52 Å². The molecule has 0 aliphatic rings. The van der Waals surface area contributed by atoms with E-state index in [1.807, 2.05) is 7.05 Å². The van der Waals surface area contributed by atoms with Crippen molar-refractivity contribution in [2.75, 3.05) is 0 Å². The van der Waals surface area contributed by atoms with E-state index in [0.717, 1.165) is 11.3 Å². The van der Waals surface area contributed by atoms with Crippen LogP contribution in [0.2, 0.25) is 0 Å². The van der Waals surface area contributed by atoms with Crippen LogP contribution in [0.4, 0.5) is 0 Å². The zero-order valence-electron chi connectivity index (χ0n) is 5.93. The van der Waals surface area contributed by atoms with Gasteiger partial charge in [0.1, 0.15) is 12.0 Å². The smallest absolute Gasteiger partial charge is 0.133 e. The molecule has 56 valence electrons. The lowest BCUT2D eigenvalue weighted by molar-refractivity contribution is 0.420. The summed E-state index contributed by atoms with van der Waals surface area (Å²) in [6, 6.07) is 0. The lowest BCUT2D eigenvalue weighted by Crippen LogP contribution is -1.85. The second-order valence-electron chi connectivity index (χ2n) is 2.19. The number of rotatable bonds is 1. The van der Waals surface area contributed by atoms with Gasteiger partial charge in [0.05, 0.1) is 18.0 Å². The predicted octanol–water partition coefficient (Wildman–Crippen LogP) is 0.470. The van der Waals surface area contributed by atoms with E-state index in [1.54, 1.807) is 17.1 Å². The Kier molecular flexibility index (Phi) is 1.21. The molecular formula is C6H6N4O. The molecule has 0 aromatic carbocycles. The van der Waals surface area contributed by atoms with E-state index in [-0.39, 0.29) is 0 Å². The zero-order valence-corrected chi connectivity index (χ0v) is 5.93. The molecule has 0 amide bonds. The van der Waals surface area contributed by atoms with Gasteiger partial charge in [-0.25, -0.2) is 0 Å². The summed E-state index contributed by atoms with van der Waals surface area (Å²) in [5.41, 5.74) is 1.62. The predicted molar refractivity (Wildman–Crippen MR) is 36.5 cm³/mol. The van der Waals surface area contributed by atoms with Crippen molar-refractivity contribution in [1.82, 2.24) is 20.2 Å². The lowest BCUT2D eigenvalue weighted by atomic mass is 10.3. The van der Waals surface area contributed by atoms with Gasteiger partial charge in [-0.3, -0.25) is 4.68 Å². The average molecular weight is 150 g/mol. The number of hydrogen-bond acceptors (Lipinski definition) is 4. The molecular weight excluding hydrogens is 144 g/mol. The maximum atomic E-state index is 4.65. The molecule has 0 bridgehead atoms. The van der Waals surface area contributed by atoms with Crippen molar-refractivity contribution >= 4 is 0 Å². The fourth-order valence-electron chi connectivity index (χ4n) is 0.811. The van der Waals surface area contributed by atoms with Gasteiger partial charge in [-0.15, -0.1) is 5.10 Å². The van der Waals surface area contributed by atoms with Gasteiger partial charge in [0, 0.05) is 7.05 Å². The number of nitrogens with zero attached hydrogens (tertiary/aromatic N) is 4. The second kappa shape index (κ2) is 2.19. The summed E-state index contributed by atoms with van der Waals surface area (Å²) in [5, 5.41) is 11.2. The van der Waals surface area contributed by atoms with Gasteiger partial charge in [-0.1, -0.05) is 10.4 Å². The van der Waals surface area contributed by atoms with E-state index >= 15 is 0 Å². The number of aryl methyl sites for hydroxylation is 1. The summed E-state index contributed by atoms with van der Waals surface area (Å²) in [7, 11) is 1.81. The molecule has 0 fully saturated rings. The van der Waals surface area contributed by atoms with Crippen molar-refractivity contribution in [1.29, 1.82) is 0 Å². The first kappa shape index (κ1) is 6.09. The van der Waals surface area contributed by atoms with Crippen molar-refractivity contribution in [2.24, 2.45) is 7.05 Å². The summed E-state index contributed by atoms with van der Waals surface area (Å²) in [4.78, 5) is 0. The minimum Gasteiger partial charge on any atom is -0.364 e. The number of hydrogen-bond donors (Lipinski definition) is 0. The molecule has 0 aliphatic carbocycles. The van der Waals surface area contributed by atoms with Crippen molar-refractivity contribution in [2.45, 2.75) is 0 Å². The van der Waals surface area contributed by atoms with Crippen LogP contribution in [0.5, 0.6) is 0 Å². The SMILES string of the molecule is Cn1cc(-c2cnoc2)nn1. The highest BCUT2D eigenvalue weighted by molar-refractivity contribution is 5.53. The summed E-state index contributed by atoms with van der Waals surface area (Å²) in [5.74, 6) is 0. The Labute approximate surface area is 62.6 Å². The van der Waals surface area contributed by atoms with E-state index in [0.29, 0.717) is 0 Å². The Balaban J connectivity index is 2.45. The van der Waals surface area contributed by atoms with Crippen LogP contribution in [0.1, 0.15) is 0 Å². The molecule has 0 aliphatic heterocycles. The zero-order chi connectivity index (χ0) is 7.68. The molecule has 2 rings (SSSR count). The molecule has 0 radical (unpaired) electrons. The van der Waals surface area contributed by atoms with E-state index in [9.17, 15) is 0 Å². The Morgan fingerprint density at radius 2 is 2.45 bits per heavy atom. The van der Waals surface area contributed by atoms with Gasteiger partial charge in [0.25, 0.3) is 0 Å². The first-order valence-electron chi connectivity index (χ1n) is 3.12. The lowest BCUT2D eigenvalue weighted by Gasteiger charge is -1.80. The van der Waals surface area contributed by atoms with Gasteiger partial charge in [0.15, 0.2) is 0 Å². The van der Waals surface area contributed by atoms with Gasteiger partial charge < -0.3 is 4.52 Å². The van der Waals surface area contributed by atoms with E-state index in [1.165, 1.54) is 6.26 Å². The molecule has 2 aromatic heterocycles. The van der Waals surface area contributed by atoms with Crippen LogP contribution in [-0.2, 0) is 7.05 Å². The monoisotopic (exact) mass is 150 g/mol. The highest BCUT2D eigenvalue weighted by Crippen LogP contribution is 2.13. The Bertz CT molecular complexity index is 337. The third-order valence-corrected chi connectivity index (χ3v) is 1.33. The van der Waals surface area contributed by atoms with Gasteiger partial charge in [-0.2, -0.15) is 0 Å². The summed E-state index contributed by atoms with van der Waals surface area (Å²) >= 11 is 0.